The molecule has 0 fully saturated rings. The fraction of sp³-hybridized carbons (Fsp3) is 1.00. The summed E-state index contributed by atoms with van der Waals surface area (Å²) in [6.07, 6.45) is 8.28. The maximum Gasteiger partial charge on any atom is 0.101 e. The number of rotatable bonds is 6. The van der Waals surface area contributed by atoms with Crippen molar-refractivity contribution in [3.8, 4) is 0 Å². The van der Waals surface area contributed by atoms with Gasteiger partial charge in [-0.1, -0.05) is 52.8 Å². The standard InChI is InChI=1S/C10H23B/c1-4-7-10(5-2,6-3)8-9-11/h4-9,11H2,1-3H3. The lowest BCUT2D eigenvalue weighted by atomic mass is 9.72. The largest absolute Gasteiger partial charge is 0.101 e. The molecule has 0 aliphatic carbocycles. The van der Waals surface area contributed by atoms with Crippen molar-refractivity contribution in [3.63, 3.8) is 0 Å². The van der Waals surface area contributed by atoms with Crippen molar-refractivity contribution in [2.24, 2.45) is 5.41 Å². The molecular formula is C10H23B. The van der Waals surface area contributed by atoms with Crippen LogP contribution in [-0.4, -0.2) is 7.85 Å². The second-order valence-electron chi connectivity index (χ2n) is 3.71. The smallest absolute Gasteiger partial charge is 0.0805 e. The molecule has 0 aromatic rings. The van der Waals surface area contributed by atoms with E-state index in [0.717, 1.165) is 0 Å². The van der Waals surface area contributed by atoms with Gasteiger partial charge < -0.3 is 0 Å². The molecule has 1 heteroatoms. The molecule has 0 aromatic carbocycles. The molecule has 0 rings (SSSR count). The van der Waals surface area contributed by atoms with E-state index in [1.165, 1.54) is 38.4 Å². The van der Waals surface area contributed by atoms with E-state index in [0.29, 0.717) is 5.41 Å². The zero-order valence-electron chi connectivity index (χ0n) is 8.74. The summed E-state index contributed by atoms with van der Waals surface area (Å²) in [4.78, 5) is 0. The van der Waals surface area contributed by atoms with Crippen molar-refractivity contribution >= 4 is 7.85 Å². The van der Waals surface area contributed by atoms with Crippen LogP contribution in [0, 0.1) is 5.41 Å². The Hall–Kier alpha value is 0.0649. The maximum absolute atomic E-state index is 2.34. The van der Waals surface area contributed by atoms with Crippen molar-refractivity contribution < 1.29 is 0 Å². The van der Waals surface area contributed by atoms with Gasteiger partial charge in [-0.05, 0) is 11.8 Å². The first-order valence-electron chi connectivity index (χ1n) is 5.24. The highest BCUT2D eigenvalue weighted by Gasteiger charge is 2.22. The van der Waals surface area contributed by atoms with Crippen LogP contribution in [0.15, 0.2) is 0 Å². The molecule has 0 unspecified atom stereocenters. The molecule has 0 aliphatic rings. The topological polar surface area (TPSA) is 0 Å². The Balaban J connectivity index is 3.96. The first-order valence-corrected chi connectivity index (χ1v) is 5.24. The third-order valence-electron chi connectivity index (χ3n) is 3.06. The van der Waals surface area contributed by atoms with E-state index in [4.69, 9.17) is 0 Å². The monoisotopic (exact) mass is 154 g/mol. The van der Waals surface area contributed by atoms with Crippen molar-refractivity contribution in [3.05, 3.63) is 0 Å². The van der Waals surface area contributed by atoms with Crippen LogP contribution in [0.2, 0.25) is 6.32 Å². The first-order chi connectivity index (χ1) is 5.24. The van der Waals surface area contributed by atoms with Crippen molar-refractivity contribution in [2.75, 3.05) is 0 Å². The van der Waals surface area contributed by atoms with E-state index < -0.39 is 0 Å². The van der Waals surface area contributed by atoms with Gasteiger partial charge in [-0.15, -0.1) is 0 Å². The molecule has 0 spiro atoms. The summed E-state index contributed by atoms with van der Waals surface area (Å²) in [5, 5.41) is 0. The molecule has 0 N–H and O–H groups in total. The summed E-state index contributed by atoms with van der Waals surface area (Å²) in [6, 6.07) is 0. The molecule has 0 radical (unpaired) electrons. The van der Waals surface area contributed by atoms with E-state index in [-0.39, 0.29) is 0 Å². The molecule has 0 saturated heterocycles. The predicted molar refractivity (Wildman–Crippen MR) is 55.9 cm³/mol. The Morgan fingerprint density at radius 1 is 1.00 bits per heavy atom. The molecule has 0 aliphatic heterocycles. The first kappa shape index (κ1) is 11.1. The normalized spacial score (nSPS) is 11.9. The summed E-state index contributed by atoms with van der Waals surface area (Å²) in [7, 11) is 2.30. The molecule has 66 valence electrons. The second kappa shape index (κ2) is 5.68. The number of hydrogen-bond acceptors (Lipinski definition) is 0. The van der Waals surface area contributed by atoms with E-state index in [1.807, 2.05) is 0 Å². The minimum absolute atomic E-state index is 0.684. The van der Waals surface area contributed by atoms with Gasteiger partial charge in [-0.3, -0.25) is 0 Å². The fourth-order valence-corrected chi connectivity index (χ4v) is 2.14. The highest BCUT2D eigenvalue weighted by Crippen LogP contribution is 2.36. The van der Waals surface area contributed by atoms with Crippen LogP contribution in [0.25, 0.3) is 0 Å². The Labute approximate surface area is 73.2 Å². The lowest BCUT2D eigenvalue weighted by Gasteiger charge is -2.31. The molecule has 0 nitrogen and oxygen atoms in total. The molecule has 0 bridgehead atoms. The van der Waals surface area contributed by atoms with Gasteiger partial charge in [0.1, 0.15) is 7.85 Å². The van der Waals surface area contributed by atoms with Gasteiger partial charge in [0.2, 0.25) is 0 Å². The second-order valence-corrected chi connectivity index (χ2v) is 3.71. The highest BCUT2D eigenvalue weighted by molar-refractivity contribution is 6.08. The Bertz CT molecular complexity index is 76.9. The maximum atomic E-state index is 2.34. The Kier molecular flexibility index (Phi) is 5.72. The lowest BCUT2D eigenvalue weighted by molar-refractivity contribution is 0.227. The van der Waals surface area contributed by atoms with Crippen LogP contribution in [0.5, 0.6) is 0 Å². The quantitative estimate of drug-likeness (QED) is 0.516. The lowest BCUT2D eigenvalue weighted by Crippen LogP contribution is -2.18. The summed E-state index contributed by atoms with van der Waals surface area (Å²) < 4.78 is 0. The minimum Gasteiger partial charge on any atom is -0.0805 e. The molecule has 0 aromatic heterocycles. The van der Waals surface area contributed by atoms with E-state index in [2.05, 4.69) is 28.6 Å². The van der Waals surface area contributed by atoms with Gasteiger partial charge in [0, 0.05) is 0 Å². The molecule has 11 heavy (non-hydrogen) atoms. The molecule has 0 atom stereocenters. The van der Waals surface area contributed by atoms with Gasteiger partial charge >= 0.3 is 0 Å². The van der Waals surface area contributed by atoms with E-state index >= 15 is 0 Å². The van der Waals surface area contributed by atoms with Gasteiger partial charge in [0.15, 0.2) is 0 Å². The van der Waals surface area contributed by atoms with Crippen molar-refractivity contribution in [1.29, 1.82) is 0 Å². The fourth-order valence-electron chi connectivity index (χ4n) is 2.14. The average Bonchev–Trinajstić information content (AvgIpc) is 2.04. The van der Waals surface area contributed by atoms with Gasteiger partial charge in [-0.2, -0.15) is 0 Å². The van der Waals surface area contributed by atoms with Crippen molar-refractivity contribution in [2.45, 2.75) is 59.2 Å². The van der Waals surface area contributed by atoms with Gasteiger partial charge in [0.05, 0.1) is 0 Å². The van der Waals surface area contributed by atoms with Crippen LogP contribution in [0.4, 0.5) is 0 Å². The Morgan fingerprint density at radius 2 is 1.55 bits per heavy atom. The van der Waals surface area contributed by atoms with Crippen LogP contribution >= 0.6 is 0 Å². The SMILES string of the molecule is BCCC(CC)(CC)CCC. The molecule has 0 saturated carbocycles. The van der Waals surface area contributed by atoms with Gasteiger partial charge in [0.25, 0.3) is 0 Å². The molecule has 0 amide bonds. The minimum atomic E-state index is 0.684. The summed E-state index contributed by atoms with van der Waals surface area (Å²) in [5.74, 6) is 0. The average molecular weight is 154 g/mol. The number of hydrogen-bond donors (Lipinski definition) is 0. The zero-order valence-corrected chi connectivity index (χ0v) is 8.74. The third-order valence-corrected chi connectivity index (χ3v) is 3.06. The molecular weight excluding hydrogens is 131 g/mol. The van der Waals surface area contributed by atoms with Crippen molar-refractivity contribution in [1.82, 2.24) is 0 Å². The third kappa shape index (κ3) is 3.31. The van der Waals surface area contributed by atoms with Crippen LogP contribution in [0.3, 0.4) is 0 Å². The van der Waals surface area contributed by atoms with Crippen LogP contribution in [-0.2, 0) is 0 Å². The summed E-state index contributed by atoms with van der Waals surface area (Å²) in [5.41, 5.74) is 0.684. The summed E-state index contributed by atoms with van der Waals surface area (Å²) >= 11 is 0. The predicted octanol–water partition coefficient (Wildman–Crippen LogP) is 3.03. The Morgan fingerprint density at radius 3 is 1.82 bits per heavy atom. The van der Waals surface area contributed by atoms with Crippen LogP contribution in [0.1, 0.15) is 52.9 Å². The summed E-state index contributed by atoms with van der Waals surface area (Å²) in [6.45, 7) is 6.99. The highest BCUT2D eigenvalue weighted by atomic mass is 14.3. The van der Waals surface area contributed by atoms with Crippen LogP contribution < -0.4 is 0 Å². The molecule has 0 heterocycles. The zero-order chi connectivity index (χ0) is 8.74. The van der Waals surface area contributed by atoms with Gasteiger partial charge in [-0.25, -0.2) is 0 Å². The van der Waals surface area contributed by atoms with E-state index in [9.17, 15) is 0 Å². The van der Waals surface area contributed by atoms with E-state index in [1.54, 1.807) is 0 Å².